The van der Waals surface area contributed by atoms with Crippen molar-refractivity contribution in [3.05, 3.63) is 42.7 Å². The summed E-state index contributed by atoms with van der Waals surface area (Å²) in [6, 6.07) is 4.87. The lowest BCUT2D eigenvalue weighted by Gasteiger charge is -2.11. The Labute approximate surface area is 144 Å². The molecule has 3 aromatic heterocycles. The van der Waals surface area contributed by atoms with E-state index in [0.717, 1.165) is 0 Å². The zero-order valence-corrected chi connectivity index (χ0v) is 13.9. The molecule has 1 N–H and O–H groups in total. The molecule has 0 saturated carbocycles. The molecule has 0 saturated heterocycles. The second-order valence-corrected chi connectivity index (χ2v) is 5.21. The van der Waals surface area contributed by atoms with E-state index in [-0.39, 0.29) is 12.5 Å². The van der Waals surface area contributed by atoms with Crippen LogP contribution in [0, 0.1) is 0 Å². The number of rotatable bonds is 7. The Morgan fingerprint density at radius 3 is 3.00 bits per heavy atom. The zero-order chi connectivity index (χ0) is 17.6. The van der Waals surface area contributed by atoms with Gasteiger partial charge in [-0.15, -0.1) is 0 Å². The highest BCUT2D eigenvalue weighted by Gasteiger charge is 2.16. The molecule has 0 aromatic carbocycles. The minimum atomic E-state index is -0.423. The number of carbonyl (C=O) groups excluding carboxylic acids is 1. The maximum atomic E-state index is 12.1. The zero-order valence-electron chi connectivity index (χ0n) is 13.9. The van der Waals surface area contributed by atoms with Crippen molar-refractivity contribution in [1.29, 1.82) is 0 Å². The summed E-state index contributed by atoms with van der Waals surface area (Å²) in [4.78, 5) is 20.5. The van der Waals surface area contributed by atoms with Gasteiger partial charge >= 0.3 is 0 Å². The van der Waals surface area contributed by atoms with E-state index in [1.54, 1.807) is 48.4 Å². The van der Waals surface area contributed by atoms with Crippen LogP contribution in [0.15, 0.2) is 41.3 Å². The molecule has 0 fully saturated rings. The topological polar surface area (TPSA) is 108 Å². The largest absolute Gasteiger partial charge is 0.478 e. The summed E-state index contributed by atoms with van der Waals surface area (Å²) in [5.41, 5.74) is 0.703. The number of hydrogen-bond donors (Lipinski definition) is 1. The summed E-state index contributed by atoms with van der Waals surface area (Å²) >= 11 is 0. The minimum Gasteiger partial charge on any atom is -0.478 e. The van der Waals surface area contributed by atoms with Crippen LogP contribution in [0.25, 0.3) is 11.4 Å². The molecule has 0 unspecified atom stereocenters. The van der Waals surface area contributed by atoms with Crippen LogP contribution in [0.2, 0.25) is 0 Å². The highest BCUT2D eigenvalue weighted by atomic mass is 16.5. The van der Waals surface area contributed by atoms with E-state index in [9.17, 15) is 4.79 Å². The molecule has 1 amide bonds. The average molecular weight is 342 g/mol. The molecule has 0 aliphatic carbocycles. The standard InChI is InChI=1S/C16H18N6O3/c1-3-24-13-6-5-12(9-17-13)15-20-14(25-21-15)10-18-16(23)11(2)22-8-4-7-19-22/h4-9,11H,3,10H2,1-2H3,(H,18,23)/t11-/m1/s1. The normalized spacial score (nSPS) is 11.9. The van der Waals surface area contributed by atoms with Crippen LogP contribution in [0.4, 0.5) is 0 Å². The molecule has 3 rings (SSSR count). The molecule has 0 aliphatic heterocycles. The molecule has 0 radical (unpaired) electrons. The van der Waals surface area contributed by atoms with Crippen molar-refractivity contribution in [2.75, 3.05) is 6.61 Å². The SMILES string of the molecule is CCOc1ccc(-c2noc(CNC(=O)[C@@H](C)n3cccn3)n2)cn1. The van der Waals surface area contributed by atoms with Gasteiger partial charge in [-0.25, -0.2) is 4.98 Å². The van der Waals surface area contributed by atoms with Crippen LogP contribution in [0.5, 0.6) is 5.88 Å². The number of pyridine rings is 1. The van der Waals surface area contributed by atoms with Crippen molar-refractivity contribution in [2.45, 2.75) is 26.4 Å². The third-order valence-corrected chi connectivity index (χ3v) is 3.47. The molecule has 0 bridgehead atoms. The van der Waals surface area contributed by atoms with Gasteiger partial charge in [0, 0.05) is 30.2 Å². The Kier molecular flexibility index (Phi) is 5.03. The number of aromatic nitrogens is 5. The quantitative estimate of drug-likeness (QED) is 0.695. The second-order valence-electron chi connectivity index (χ2n) is 5.21. The molecule has 0 spiro atoms. The molecular formula is C16H18N6O3. The molecule has 1 atom stereocenters. The number of carbonyl (C=O) groups is 1. The first-order chi connectivity index (χ1) is 12.2. The molecule has 0 aliphatic rings. The van der Waals surface area contributed by atoms with Crippen molar-refractivity contribution in [3.8, 4) is 17.3 Å². The Bertz CT molecular complexity index is 813. The summed E-state index contributed by atoms with van der Waals surface area (Å²) in [7, 11) is 0. The number of amides is 1. The van der Waals surface area contributed by atoms with Gasteiger partial charge in [0.05, 0.1) is 13.2 Å². The Morgan fingerprint density at radius 1 is 1.44 bits per heavy atom. The fourth-order valence-corrected chi connectivity index (χ4v) is 2.13. The summed E-state index contributed by atoms with van der Waals surface area (Å²) in [5, 5.41) is 10.7. The summed E-state index contributed by atoms with van der Waals surface area (Å²) in [6.45, 7) is 4.34. The lowest BCUT2D eigenvalue weighted by Crippen LogP contribution is -2.30. The second kappa shape index (κ2) is 7.56. The smallest absolute Gasteiger partial charge is 0.246 e. The Morgan fingerprint density at radius 2 is 2.32 bits per heavy atom. The summed E-state index contributed by atoms with van der Waals surface area (Å²) in [5.74, 6) is 1.06. The fraction of sp³-hybridized carbons (Fsp3) is 0.312. The van der Waals surface area contributed by atoms with E-state index in [4.69, 9.17) is 9.26 Å². The molecule has 9 nitrogen and oxygen atoms in total. The van der Waals surface area contributed by atoms with Gasteiger partial charge in [-0.1, -0.05) is 5.16 Å². The number of hydrogen-bond acceptors (Lipinski definition) is 7. The van der Waals surface area contributed by atoms with Gasteiger partial charge in [0.1, 0.15) is 6.04 Å². The number of nitrogens with zero attached hydrogens (tertiary/aromatic N) is 5. The van der Waals surface area contributed by atoms with Crippen molar-refractivity contribution in [2.24, 2.45) is 0 Å². The highest BCUT2D eigenvalue weighted by molar-refractivity contribution is 5.79. The Balaban J connectivity index is 1.59. The van der Waals surface area contributed by atoms with Crippen LogP contribution in [0.3, 0.4) is 0 Å². The van der Waals surface area contributed by atoms with Crippen LogP contribution in [0.1, 0.15) is 25.8 Å². The molecule has 9 heteroatoms. The third kappa shape index (κ3) is 4.00. The van der Waals surface area contributed by atoms with E-state index < -0.39 is 6.04 Å². The van der Waals surface area contributed by atoms with E-state index in [0.29, 0.717) is 29.8 Å². The van der Waals surface area contributed by atoms with Gasteiger partial charge in [-0.2, -0.15) is 10.1 Å². The highest BCUT2D eigenvalue weighted by Crippen LogP contribution is 2.17. The first kappa shape index (κ1) is 16.6. The summed E-state index contributed by atoms with van der Waals surface area (Å²) in [6.07, 6.45) is 4.96. The molecular weight excluding hydrogens is 324 g/mol. The van der Waals surface area contributed by atoms with Crippen molar-refractivity contribution in [1.82, 2.24) is 30.2 Å². The van der Waals surface area contributed by atoms with Crippen LogP contribution in [-0.2, 0) is 11.3 Å². The van der Waals surface area contributed by atoms with Crippen molar-refractivity contribution in [3.63, 3.8) is 0 Å². The maximum Gasteiger partial charge on any atom is 0.246 e. The van der Waals surface area contributed by atoms with Gasteiger partial charge in [-0.05, 0) is 26.0 Å². The van der Waals surface area contributed by atoms with E-state index >= 15 is 0 Å². The summed E-state index contributed by atoms with van der Waals surface area (Å²) < 4.78 is 12.0. The monoisotopic (exact) mass is 342 g/mol. The lowest BCUT2D eigenvalue weighted by molar-refractivity contribution is -0.124. The van der Waals surface area contributed by atoms with Gasteiger partial charge in [0.25, 0.3) is 0 Å². The Hall–Kier alpha value is -3.23. The molecule has 3 heterocycles. The van der Waals surface area contributed by atoms with Crippen LogP contribution < -0.4 is 10.1 Å². The van der Waals surface area contributed by atoms with Gasteiger partial charge in [0.15, 0.2) is 0 Å². The van der Waals surface area contributed by atoms with Crippen molar-refractivity contribution >= 4 is 5.91 Å². The van der Waals surface area contributed by atoms with E-state index in [1.165, 1.54) is 0 Å². The molecule has 25 heavy (non-hydrogen) atoms. The average Bonchev–Trinajstić information content (AvgIpc) is 3.32. The molecule has 3 aromatic rings. The third-order valence-electron chi connectivity index (χ3n) is 3.47. The van der Waals surface area contributed by atoms with Crippen molar-refractivity contribution < 1.29 is 14.1 Å². The van der Waals surface area contributed by atoms with Gasteiger partial charge in [-0.3, -0.25) is 9.48 Å². The number of ether oxygens (including phenoxy) is 1. The van der Waals surface area contributed by atoms with Crippen LogP contribution >= 0.6 is 0 Å². The maximum absolute atomic E-state index is 12.1. The number of nitrogens with one attached hydrogen (secondary N) is 1. The lowest BCUT2D eigenvalue weighted by atomic mass is 10.3. The molecule has 130 valence electrons. The predicted octanol–water partition coefficient (Wildman–Crippen LogP) is 1.60. The van der Waals surface area contributed by atoms with Crippen LogP contribution in [-0.4, -0.2) is 37.4 Å². The first-order valence-corrected chi connectivity index (χ1v) is 7.86. The van der Waals surface area contributed by atoms with E-state index in [2.05, 4.69) is 25.5 Å². The van der Waals surface area contributed by atoms with E-state index in [1.807, 2.05) is 6.92 Å². The van der Waals surface area contributed by atoms with Gasteiger partial charge < -0.3 is 14.6 Å². The first-order valence-electron chi connectivity index (χ1n) is 7.86. The van der Waals surface area contributed by atoms with Gasteiger partial charge in [0.2, 0.25) is 23.5 Å². The minimum absolute atomic E-state index is 0.141. The fourth-order valence-electron chi connectivity index (χ4n) is 2.13. The predicted molar refractivity (Wildman–Crippen MR) is 87.5 cm³/mol.